The van der Waals surface area contributed by atoms with E-state index in [-0.39, 0.29) is 11.9 Å². The highest BCUT2D eigenvalue weighted by molar-refractivity contribution is 5.89. The number of aryl methyl sites for hydroxylation is 3. The average Bonchev–Trinajstić information content (AvgIpc) is 3.27. The fourth-order valence-electron chi connectivity index (χ4n) is 3.73. The molecule has 0 spiro atoms. The van der Waals surface area contributed by atoms with Gasteiger partial charge in [-0.2, -0.15) is 0 Å². The van der Waals surface area contributed by atoms with E-state index in [1.807, 2.05) is 62.4 Å². The second-order valence-corrected chi connectivity index (χ2v) is 8.15. The molecule has 1 N–H and O–H groups in total. The molecule has 2 heterocycles. The molecule has 3 aromatic rings. The van der Waals surface area contributed by atoms with Crippen LogP contribution in [-0.4, -0.2) is 52.9 Å². The third-order valence-corrected chi connectivity index (χ3v) is 5.63. The van der Waals surface area contributed by atoms with E-state index < -0.39 is 0 Å². The van der Waals surface area contributed by atoms with Gasteiger partial charge in [0.1, 0.15) is 0 Å². The molecule has 1 aliphatic rings. The molecule has 3 amide bonds. The van der Waals surface area contributed by atoms with Gasteiger partial charge >= 0.3 is 6.03 Å². The first-order valence-corrected chi connectivity index (χ1v) is 10.9. The molecule has 0 atom stereocenters. The molecule has 1 aromatic heterocycles. The monoisotopic (exact) mass is 432 g/mol. The van der Waals surface area contributed by atoms with Crippen molar-refractivity contribution < 1.29 is 14.0 Å². The molecule has 4 rings (SSSR count). The molecule has 32 heavy (non-hydrogen) atoms. The molecule has 1 fully saturated rings. The van der Waals surface area contributed by atoms with E-state index in [4.69, 9.17) is 4.42 Å². The lowest BCUT2D eigenvalue weighted by Crippen LogP contribution is -2.51. The number of rotatable bonds is 5. The zero-order chi connectivity index (χ0) is 22.5. The van der Waals surface area contributed by atoms with E-state index in [0.29, 0.717) is 50.7 Å². The van der Waals surface area contributed by atoms with E-state index in [1.165, 1.54) is 5.56 Å². The van der Waals surface area contributed by atoms with Gasteiger partial charge in [0.05, 0.1) is 6.20 Å². The Morgan fingerprint density at radius 1 is 0.969 bits per heavy atom. The second-order valence-electron chi connectivity index (χ2n) is 8.15. The molecule has 0 radical (unpaired) electrons. The lowest BCUT2D eigenvalue weighted by atomic mass is 10.1. The summed E-state index contributed by atoms with van der Waals surface area (Å²) in [5.74, 6) is 1.32. The van der Waals surface area contributed by atoms with Crippen LogP contribution in [0.15, 0.2) is 59.1 Å². The van der Waals surface area contributed by atoms with Crippen molar-refractivity contribution in [1.82, 2.24) is 14.8 Å². The number of oxazole rings is 1. The summed E-state index contributed by atoms with van der Waals surface area (Å²) in [6.07, 6.45) is 2.50. The van der Waals surface area contributed by atoms with Crippen LogP contribution < -0.4 is 5.32 Å². The first kappa shape index (κ1) is 21.6. The molecule has 7 heteroatoms. The number of hydrogen-bond acceptors (Lipinski definition) is 4. The molecule has 2 aromatic carbocycles. The Kier molecular flexibility index (Phi) is 6.54. The molecule has 0 saturated carbocycles. The van der Waals surface area contributed by atoms with Gasteiger partial charge in [-0.05, 0) is 31.5 Å². The molecular formula is C25H28N4O3. The SMILES string of the molecule is Cc1ccc(-c2cnc(CCC(=O)N3CCN(C(=O)Nc4cccc(C)c4)CC3)o2)cc1. The highest BCUT2D eigenvalue weighted by Gasteiger charge is 2.24. The average molecular weight is 433 g/mol. The topological polar surface area (TPSA) is 78.7 Å². The summed E-state index contributed by atoms with van der Waals surface area (Å²) in [5.41, 5.74) is 4.03. The Labute approximate surface area is 188 Å². The van der Waals surface area contributed by atoms with Crippen LogP contribution in [0.25, 0.3) is 11.3 Å². The van der Waals surface area contributed by atoms with Crippen LogP contribution in [0.2, 0.25) is 0 Å². The van der Waals surface area contributed by atoms with Crippen molar-refractivity contribution in [2.24, 2.45) is 0 Å². The van der Waals surface area contributed by atoms with Gasteiger partial charge in [-0.1, -0.05) is 42.0 Å². The van der Waals surface area contributed by atoms with Gasteiger partial charge in [0.2, 0.25) is 5.91 Å². The van der Waals surface area contributed by atoms with E-state index >= 15 is 0 Å². The Morgan fingerprint density at radius 2 is 1.69 bits per heavy atom. The standard InChI is InChI=1S/C25H28N4O3/c1-18-6-8-20(9-7-18)22-17-26-23(32-22)10-11-24(30)28-12-14-29(15-13-28)25(31)27-21-5-3-4-19(2)16-21/h3-9,16-17H,10-15H2,1-2H3,(H,27,31). The number of amides is 3. The number of urea groups is 1. The van der Waals surface area contributed by atoms with E-state index in [1.54, 1.807) is 16.0 Å². The van der Waals surface area contributed by atoms with Crippen LogP contribution in [0.4, 0.5) is 10.5 Å². The van der Waals surface area contributed by atoms with Crippen molar-refractivity contribution in [1.29, 1.82) is 0 Å². The number of piperazine rings is 1. The summed E-state index contributed by atoms with van der Waals surface area (Å²) in [7, 11) is 0. The number of hydrogen-bond donors (Lipinski definition) is 1. The van der Waals surface area contributed by atoms with Crippen molar-refractivity contribution in [2.45, 2.75) is 26.7 Å². The quantitative estimate of drug-likeness (QED) is 0.653. The molecular weight excluding hydrogens is 404 g/mol. The number of aromatic nitrogens is 1. The van der Waals surface area contributed by atoms with Gasteiger partial charge in [-0.15, -0.1) is 0 Å². The van der Waals surface area contributed by atoms with E-state index in [9.17, 15) is 9.59 Å². The summed E-state index contributed by atoms with van der Waals surface area (Å²) < 4.78 is 5.82. The third kappa shape index (κ3) is 5.35. The second kappa shape index (κ2) is 9.68. The maximum Gasteiger partial charge on any atom is 0.321 e. The van der Waals surface area contributed by atoms with Crippen LogP contribution in [0.1, 0.15) is 23.4 Å². The van der Waals surface area contributed by atoms with Crippen molar-refractivity contribution in [3.05, 3.63) is 71.7 Å². The Balaban J connectivity index is 1.23. The van der Waals surface area contributed by atoms with E-state index in [0.717, 1.165) is 16.8 Å². The first-order valence-electron chi connectivity index (χ1n) is 10.9. The summed E-state index contributed by atoms with van der Waals surface area (Å²) in [4.78, 5) is 33.0. The smallest absolute Gasteiger partial charge is 0.321 e. The molecule has 7 nitrogen and oxygen atoms in total. The molecule has 1 saturated heterocycles. The minimum Gasteiger partial charge on any atom is -0.441 e. The van der Waals surface area contributed by atoms with Gasteiger partial charge in [0, 0.05) is 50.3 Å². The molecule has 0 aliphatic carbocycles. The fraction of sp³-hybridized carbons (Fsp3) is 0.320. The molecule has 1 aliphatic heterocycles. The fourth-order valence-corrected chi connectivity index (χ4v) is 3.73. The lowest BCUT2D eigenvalue weighted by Gasteiger charge is -2.34. The van der Waals surface area contributed by atoms with Crippen LogP contribution in [-0.2, 0) is 11.2 Å². The Hall–Kier alpha value is -3.61. The number of carbonyl (C=O) groups is 2. The maximum atomic E-state index is 12.6. The Bertz CT molecular complexity index is 1080. The number of anilines is 1. The molecule has 0 unspecified atom stereocenters. The zero-order valence-electron chi connectivity index (χ0n) is 18.5. The summed E-state index contributed by atoms with van der Waals surface area (Å²) in [5, 5.41) is 2.92. The lowest BCUT2D eigenvalue weighted by molar-refractivity contribution is -0.132. The first-order chi connectivity index (χ1) is 15.5. The number of nitrogens with one attached hydrogen (secondary N) is 1. The minimum atomic E-state index is -0.133. The summed E-state index contributed by atoms with van der Waals surface area (Å²) in [6, 6.07) is 15.6. The molecule has 166 valence electrons. The number of nitrogens with zero attached hydrogens (tertiary/aromatic N) is 3. The van der Waals surface area contributed by atoms with Gasteiger partial charge < -0.3 is 19.5 Å². The number of benzene rings is 2. The van der Waals surface area contributed by atoms with Crippen LogP contribution >= 0.6 is 0 Å². The minimum absolute atomic E-state index is 0.0545. The maximum absolute atomic E-state index is 12.6. The summed E-state index contributed by atoms with van der Waals surface area (Å²) in [6.45, 7) is 6.11. The van der Waals surface area contributed by atoms with Crippen molar-refractivity contribution in [3.63, 3.8) is 0 Å². The number of carbonyl (C=O) groups excluding carboxylic acids is 2. The van der Waals surface area contributed by atoms with Crippen LogP contribution in [0, 0.1) is 13.8 Å². The predicted octanol–water partition coefficient (Wildman–Crippen LogP) is 4.27. The van der Waals surface area contributed by atoms with Gasteiger partial charge in [0.15, 0.2) is 11.7 Å². The highest BCUT2D eigenvalue weighted by Crippen LogP contribution is 2.21. The van der Waals surface area contributed by atoms with Gasteiger partial charge in [-0.25, -0.2) is 9.78 Å². The van der Waals surface area contributed by atoms with Gasteiger partial charge in [0.25, 0.3) is 0 Å². The van der Waals surface area contributed by atoms with Crippen molar-refractivity contribution in [2.75, 3.05) is 31.5 Å². The van der Waals surface area contributed by atoms with Crippen LogP contribution in [0.3, 0.4) is 0 Å². The van der Waals surface area contributed by atoms with Crippen molar-refractivity contribution >= 4 is 17.6 Å². The summed E-state index contributed by atoms with van der Waals surface area (Å²) >= 11 is 0. The van der Waals surface area contributed by atoms with Gasteiger partial charge in [-0.3, -0.25) is 4.79 Å². The normalized spacial score (nSPS) is 13.8. The van der Waals surface area contributed by atoms with Crippen molar-refractivity contribution in [3.8, 4) is 11.3 Å². The third-order valence-electron chi connectivity index (χ3n) is 5.63. The van der Waals surface area contributed by atoms with E-state index in [2.05, 4.69) is 10.3 Å². The molecule has 0 bridgehead atoms. The largest absolute Gasteiger partial charge is 0.441 e. The zero-order valence-corrected chi connectivity index (χ0v) is 18.5. The highest BCUT2D eigenvalue weighted by atomic mass is 16.4. The Morgan fingerprint density at radius 3 is 2.41 bits per heavy atom. The van der Waals surface area contributed by atoms with Crippen LogP contribution in [0.5, 0.6) is 0 Å². The predicted molar refractivity (Wildman–Crippen MR) is 123 cm³/mol.